The van der Waals surface area contributed by atoms with Crippen LogP contribution in [0, 0.1) is 0 Å². The lowest BCUT2D eigenvalue weighted by Crippen LogP contribution is -2.13. The van der Waals surface area contributed by atoms with Gasteiger partial charge in [-0.1, -0.05) is 28.1 Å². The van der Waals surface area contributed by atoms with E-state index in [1.807, 2.05) is 0 Å². The number of Topliss-reactive ketones (excluding diaryl/α,β-unsaturated/α-hetero) is 2. The highest BCUT2D eigenvalue weighted by Gasteiger charge is 2.19. The number of rotatable bonds is 3. The van der Waals surface area contributed by atoms with Crippen molar-refractivity contribution in [2.24, 2.45) is 7.05 Å². The van der Waals surface area contributed by atoms with Crippen molar-refractivity contribution in [1.82, 2.24) is 9.78 Å². The molecule has 0 fully saturated rings. The largest absolute Gasteiger partial charge is 0.285 e. The molecule has 0 unspecified atom stereocenters. The number of hydrogen-bond acceptors (Lipinski definition) is 3. The van der Waals surface area contributed by atoms with Crippen LogP contribution < -0.4 is 0 Å². The zero-order valence-corrected chi connectivity index (χ0v) is 10.6. The summed E-state index contributed by atoms with van der Waals surface area (Å²) < 4.78 is 2.25. The molecule has 1 aromatic heterocycles. The molecule has 0 radical (unpaired) electrons. The smallest absolute Gasteiger partial charge is 0.236 e. The summed E-state index contributed by atoms with van der Waals surface area (Å²) in [6, 6.07) is 6.75. The van der Waals surface area contributed by atoms with Crippen molar-refractivity contribution in [3.05, 3.63) is 52.3 Å². The maximum Gasteiger partial charge on any atom is 0.236 e. The summed E-state index contributed by atoms with van der Waals surface area (Å²) in [7, 11) is 1.69. The van der Waals surface area contributed by atoms with Gasteiger partial charge in [0.25, 0.3) is 0 Å². The summed E-state index contributed by atoms with van der Waals surface area (Å²) in [4.78, 5) is 23.8. The van der Waals surface area contributed by atoms with Gasteiger partial charge < -0.3 is 0 Å². The highest BCUT2D eigenvalue weighted by Crippen LogP contribution is 2.14. The van der Waals surface area contributed by atoms with E-state index >= 15 is 0 Å². The molecule has 2 rings (SSSR count). The minimum Gasteiger partial charge on any atom is -0.285 e. The molecule has 0 saturated carbocycles. The Balaban J connectivity index is 2.29. The van der Waals surface area contributed by atoms with Crippen molar-refractivity contribution >= 4 is 27.5 Å². The third-order valence-corrected chi connectivity index (χ3v) is 2.75. The number of ketones is 2. The normalized spacial score (nSPS) is 10.2. The minimum absolute atomic E-state index is 0.303. The van der Waals surface area contributed by atoms with Crippen LogP contribution in [0.5, 0.6) is 0 Å². The first-order valence-electron chi connectivity index (χ1n) is 4.91. The SMILES string of the molecule is Cn1cc(C(=O)C(=O)c2cccc(Br)c2)cn1. The third kappa shape index (κ3) is 2.50. The molecule has 1 aromatic carbocycles. The van der Waals surface area contributed by atoms with Crippen LogP contribution in [-0.4, -0.2) is 21.3 Å². The van der Waals surface area contributed by atoms with Crippen molar-refractivity contribution in [3.63, 3.8) is 0 Å². The van der Waals surface area contributed by atoms with Gasteiger partial charge in [-0.05, 0) is 12.1 Å². The highest BCUT2D eigenvalue weighted by atomic mass is 79.9. The molecule has 0 aliphatic carbocycles. The van der Waals surface area contributed by atoms with E-state index in [9.17, 15) is 9.59 Å². The topological polar surface area (TPSA) is 52.0 Å². The Hall–Kier alpha value is -1.75. The van der Waals surface area contributed by atoms with Crippen LogP contribution in [0.25, 0.3) is 0 Å². The first kappa shape index (κ1) is 11.7. The van der Waals surface area contributed by atoms with E-state index in [0.717, 1.165) is 4.47 Å². The molecule has 86 valence electrons. The van der Waals surface area contributed by atoms with Gasteiger partial charge >= 0.3 is 0 Å². The van der Waals surface area contributed by atoms with Gasteiger partial charge in [0, 0.05) is 23.3 Å². The monoisotopic (exact) mass is 292 g/mol. The van der Waals surface area contributed by atoms with Crippen LogP contribution in [-0.2, 0) is 7.05 Å². The van der Waals surface area contributed by atoms with Crippen LogP contribution in [0.1, 0.15) is 20.7 Å². The van der Waals surface area contributed by atoms with Crippen LogP contribution in [0.4, 0.5) is 0 Å². The molecule has 17 heavy (non-hydrogen) atoms. The number of aromatic nitrogens is 2. The fourth-order valence-electron chi connectivity index (χ4n) is 1.43. The minimum atomic E-state index is -0.545. The van der Waals surface area contributed by atoms with Gasteiger partial charge in [0.2, 0.25) is 11.6 Å². The van der Waals surface area contributed by atoms with Crippen molar-refractivity contribution in [3.8, 4) is 0 Å². The molecule has 0 amide bonds. The first-order valence-corrected chi connectivity index (χ1v) is 5.70. The molecule has 0 spiro atoms. The van der Waals surface area contributed by atoms with E-state index in [-0.39, 0.29) is 0 Å². The maximum absolute atomic E-state index is 11.9. The average Bonchev–Trinajstić information content (AvgIpc) is 2.74. The first-order chi connectivity index (χ1) is 8.08. The number of nitrogens with zero attached hydrogens (tertiary/aromatic N) is 2. The molecule has 0 bridgehead atoms. The second kappa shape index (κ2) is 4.63. The summed E-state index contributed by atoms with van der Waals surface area (Å²) in [6.07, 6.45) is 2.91. The average molecular weight is 293 g/mol. The zero-order valence-electron chi connectivity index (χ0n) is 9.05. The molecule has 0 aliphatic rings. The van der Waals surface area contributed by atoms with Crippen LogP contribution >= 0.6 is 15.9 Å². The maximum atomic E-state index is 11.9. The molecule has 2 aromatic rings. The number of halogens is 1. The predicted molar refractivity (Wildman–Crippen MR) is 66.0 cm³/mol. The second-order valence-electron chi connectivity index (χ2n) is 3.57. The number of carbonyl (C=O) groups is 2. The van der Waals surface area contributed by atoms with Gasteiger partial charge in [0.05, 0.1) is 11.8 Å². The van der Waals surface area contributed by atoms with E-state index in [2.05, 4.69) is 21.0 Å². The van der Waals surface area contributed by atoms with Gasteiger partial charge in [0.1, 0.15) is 0 Å². The molecule has 0 atom stereocenters. The van der Waals surface area contributed by atoms with Crippen LogP contribution in [0.3, 0.4) is 0 Å². The third-order valence-electron chi connectivity index (χ3n) is 2.26. The molecule has 0 saturated heterocycles. The summed E-state index contributed by atoms with van der Waals surface area (Å²) in [5, 5.41) is 3.87. The Morgan fingerprint density at radius 3 is 2.53 bits per heavy atom. The fraction of sp³-hybridized carbons (Fsp3) is 0.0833. The quantitative estimate of drug-likeness (QED) is 0.644. The zero-order chi connectivity index (χ0) is 12.4. The number of carbonyl (C=O) groups excluding carboxylic acids is 2. The van der Waals surface area contributed by atoms with Crippen molar-refractivity contribution in [1.29, 1.82) is 0 Å². The van der Waals surface area contributed by atoms with Crippen LogP contribution in [0.2, 0.25) is 0 Å². The number of aryl methyl sites for hydroxylation is 1. The Morgan fingerprint density at radius 1 is 1.24 bits per heavy atom. The van der Waals surface area contributed by atoms with Gasteiger partial charge in [-0.3, -0.25) is 14.3 Å². The Morgan fingerprint density at radius 2 is 1.94 bits per heavy atom. The van der Waals surface area contributed by atoms with E-state index in [1.165, 1.54) is 17.1 Å². The molecule has 0 N–H and O–H groups in total. The lowest BCUT2D eigenvalue weighted by Gasteiger charge is -1.98. The van der Waals surface area contributed by atoms with E-state index < -0.39 is 11.6 Å². The van der Waals surface area contributed by atoms with Crippen molar-refractivity contribution in [2.45, 2.75) is 0 Å². The second-order valence-corrected chi connectivity index (χ2v) is 4.49. The summed E-state index contributed by atoms with van der Waals surface area (Å²) >= 11 is 3.26. The summed E-state index contributed by atoms with van der Waals surface area (Å²) in [6.45, 7) is 0. The number of benzene rings is 1. The van der Waals surface area contributed by atoms with Crippen LogP contribution in [0.15, 0.2) is 41.1 Å². The Bertz CT molecular complexity index is 590. The summed E-state index contributed by atoms with van der Waals surface area (Å²) in [5.74, 6) is -1.07. The highest BCUT2D eigenvalue weighted by molar-refractivity contribution is 9.10. The van der Waals surface area contributed by atoms with Gasteiger partial charge in [0.15, 0.2) is 0 Å². The molecule has 1 heterocycles. The predicted octanol–water partition coefficient (Wildman–Crippen LogP) is 2.25. The molecule has 4 nitrogen and oxygen atoms in total. The Kier molecular flexibility index (Phi) is 3.19. The fourth-order valence-corrected chi connectivity index (χ4v) is 1.83. The van der Waals surface area contributed by atoms with Gasteiger partial charge in [-0.15, -0.1) is 0 Å². The molecule has 0 aliphatic heterocycles. The van der Waals surface area contributed by atoms with E-state index in [0.29, 0.717) is 11.1 Å². The molecule has 5 heteroatoms. The van der Waals surface area contributed by atoms with Crippen molar-refractivity contribution in [2.75, 3.05) is 0 Å². The van der Waals surface area contributed by atoms with Gasteiger partial charge in [-0.2, -0.15) is 5.10 Å². The molecular weight excluding hydrogens is 284 g/mol. The lowest BCUT2D eigenvalue weighted by atomic mass is 10.0. The van der Waals surface area contributed by atoms with E-state index in [4.69, 9.17) is 0 Å². The standard InChI is InChI=1S/C12H9BrN2O2/c1-15-7-9(6-14-15)12(17)11(16)8-3-2-4-10(13)5-8/h2-7H,1H3. The van der Waals surface area contributed by atoms with E-state index in [1.54, 1.807) is 31.3 Å². The van der Waals surface area contributed by atoms with Crippen molar-refractivity contribution < 1.29 is 9.59 Å². The summed E-state index contributed by atoms with van der Waals surface area (Å²) in [5.41, 5.74) is 0.672. The molecular formula is C12H9BrN2O2. The lowest BCUT2D eigenvalue weighted by molar-refractivity contribution is 0.0817. The Labute approximate surface area is 106 Å². The van der Waals surface area contributed by atoms with Gasteiger partial charge in [-0.25, -0.2) is 0 Å². The number of hydrogen-bond donors (Lipinski definition) is 0.